The number of unbranched alkanes of at least 4 members (excludes halogenated alkanes) is 10. The van der Waals surface area contributed by atoms with Gasteiger partial charge in [-0.3, -0.25) is 0 Å². The molecule has 2 atom stereocenters. The number of hydrogen-bond acceptors (Lipinski definition) is 3. The summed E-state index contributed by atoms with van der Waals surface area (Å²) in [4.78, 5) is 19.1. The fourth-order valence-electron chi connectivity index (χ4n) is 6.82. The van der Waals surface area contributed by atoms with Crippen LogP contribution in [0.25, 0.3) is 0 Å². The largest absolute Gasteiger partial charge is 0.427 e. The highest BCUT2D eigenvalue weighted by Crippen LogP contribution is 2.46. The molecule has 1 aromatic rings. The third-order valence-electron chi connectivity index (χ3n) is 9.30. The van der Waals surface area contributed by atoms with Gasteiger partial charge in [0.15, 0.2) is 0 Å². The van der Waals surface area contributed by atoms with Gasteiger partial charge in [0.05, 0.1) is 0 Å². The fraction of sp³-hybridized carbons (Fsp3) is 0.818. The van der Waals surface area contributed by atoms with Gasteiger partial charge in [0.1, 0.15) is 5.75 Å². The summed E-state index contributed by atoms with van der Waals surface area (Å²) in [7, 11) is -2.38. The molecule has 2 rings (SSSR count). The molecule has 0 saturated heterocycles. The van der Waals surface area contributed by atoms with Crippen molar-refractivity contribution in [3.63, 3.8) is 0 Å². The van der Waals surface area contributed by atoms with Gasteiger partial charge < -0.3 is 14.3 Å². The Kier molecular flexibility index (Phi) is 16.4. The molecule has 0 aromatic heterocycles. The minimum absolute atomic E-state index is 0.368. The molecular weight excluding hydrogens is 475 g/mol. The molecule has 214 valence electrons. The predicted molar refractivity (Wildman–Crippen MR) is 161 cm³/mol. The molecule has 1 aliphatic carbocycles. The molecule has 0 bridgehead atoms. The summed E-state index contributed by atoms with van der Waals surface area (Å²) < 4.78 is 5.48. The molecule has 4 heteroatoms. The second-order valence-corrected chi connectivity index (χ2v) is 13.0. The normalized spacial score (nSPS) is 20.4. The molecule has 1 aromatic carbocycles. The van der Waals surface area contributed by atoms with E-state index in [-0.39, 0.29) is 0 Å². The minimum Gasteiger partial charge on any atom is -0.427 e. The smallest absolute Gasteiger partial charge is 0.391 e. The lowest BCUT2D eigenvalue weighted by Crippen LogP contribution is -2.33. The highest BCUT2D eigenvalue weighted by atomic mass is 31.2. The Morgan fingerprint density at radius 1 is 0.757 bits per heavy atom. The van der Waals surface area contributed by atoms with E-state index in [0.717, 1.165) is 31.1 Å². The minimum atomic E-state index is -2.38. The number of hydrogen-bond donors (Lipinski definition) is 2. The molecule has 1 aliphatic rings. The van der Waals surface area contributed by atoms with E-state index in [4.69, 9.17) is 4.52 Å². The number of fused-ring (bicyclic) bond motifs is 1. The lowest BCUT2D eigenvalue weighted by atomic mass is 9.63. The first-order valence-corrected chi connectivity index (χ1v) is 17.0. The first-order valence-electron chi connectivity index (χ1n) is 15.9. The highest BCUT2D eigenvalue weighted by Gasteiger charge is 2.36. The second kappa shape index (κ2) is 18.6. The van der Waals surface area contributed by atoms with Crippen LogP contribution in [0.4, 0.5) is 0 Å². The SMILES string of the molecule is CCCCCCCCC1CCCc2cccc(OP(O)O)c2CCCC(CCCCCCCC)C1(C)C. The van der Waals surface area contributed by atoms with E-state index in [9.17, 15) is 9.79 Å². The van der Waals surface area contributed by atoms with E-state index >= 15 is 0 Å². The molecule has 0 amide bonds. The Balaban J connectivity index is 2.14. The standard InChI is InChI=1S/C33H59O3P/c1-5-7-9-11-13-15-22-29-24-17-20-28-21-18-27-32(36-37(34)35)31(28)26-19-25-30(33(29,3)4)23-16-14-12-10-8-6-2/h18,21,27,29-30,34-35H,5-17,19-20,22-26H2,1-4H3. The van der Waals surface area contributed by atoms with Gasteiger partial charge in [-0.25, -0.2) is 0 Å². The monoisotopic (exact) mass is 534 g/mol. The Bertz CT molecular complexity index is 718. The summed E-state index contributed by atoms with van der Waals surface area (Å²) in [5.74, 6) is 2.22. The molecule has 0 heterocycles. The Morgan fingerprint density at radius 2 is 1.27 bits per heavy atom. The van der Waals surface area contributed by atoms with Crippen LogP contribution in [0.5, 0.6) is 5.75 Å². The van der Waals surface area contributed by atoms with Crippen molar-refractivity contribution in [1.82, 2.24) is 0 Å². The molecule has 0 aliphatic heterocycles. The van der Waals surface area contributed by atoms with Crippen LogP contribution in [-0.2, 0) is 12.8 Å². The number of aryl methyl sites for hydroxylation is 1. The van der Waals surface area contributed by atoms with Crippen LogP contribution in [-0.4, -0.2) is 9.79 Å². The highest BCUT2D eigenvalue weighted by molar-refractivity contribution is 7.39. The zero-order valence-electron chi connectivity index (χ0n) is 24.8. The van der Waals surface area contributed by atoms with E-state index < -0.39 is 8.60 Å². The molecule has 2 unspecified atom stereocenters. The van der Waals surface area contributed by atoms with Crippen LogP contribution in [0.3, 0.4) is 0 Å². The maximum absolute atomic E-state index is 9.55. The van der Waals surface area contributed by atoms with Crippen LogP contribution >= 0.6 is 8.60 Å². The van der Waals surface area contributed by atoms with Crippen molar-refractivity contribution in [3.05, 3.63) is 29.3 Å². The third-order valence-corrected chi connectivity index (χ3v) is 9.66. The summed E-state index contributed by atoms with van der Waals surface area (Å²) in [5, 5.41) is 0. The molecule has 0 saturated carbocycles. The summed E-state index contributed by atoms with van der Waals surface area (Å²) >= 11 is 0. The van der Waals surface area contributed by atoms with Crippen molar-refractivity contribution in [3.8, 4) is 5.75 Å². The van der Waals surface area contributed by atoms with Crippen molar-refractivity contribution in [2.24, 2.45) is 17.3 Å². The number of benzene rings is 1. The first kappa shape index (κ1) is 32.6. The van der Waals surface area contributed by atoms with Crippen LogP contribution < -0.4 is 4.52 Å². The molecule has 37 heavy (non-hydrogen) atoms. The topological polar surface area (TPSA) is 49.7 Å². The summed E-state index contributed by atoms with van der Waals surface area (Å²) in [6.07, 6.45) is 26.2. The molecule has 0 fully saturated rings. The van der Waals surface area contributed by atoms with Crippen molar-refractivity contribution < 1.29 is 14.3 Å². The Morgan fingerprint density at radius 3 is 1.81 bits per heavy atom. The Labute approximate surface area is 231 Å². The molecule has 2 N–H and O–H groups in total. The van der Waals surface area contributed by atoms with E-state index in [1.54, 1.807) is 0 Å². The van der Waals surface area contributed by atoms with Gasteiger partial charge in [-0.05, 0) is 85.8 Å². The lowest BCUT2D eigenvalue weighted by molar-refractivity contribution is 0.0791. The average Bonchev–Trinajstić information content (AvgIpc) is 2.88. The summed E-state index contributed by atoms with van der Waals surface area (Å²) in [6.45, 7) is 9.79. The van der Waals surface area contributed by atoms with Crippen LogP contribution in [0.1, 0.15) is 154 Å². The second-order valence-electron chi connectivity index (χ2n) is 12.4. The van der Waals surface area contributed by atoms with Gasteiger partial charge in [-0.2, -0.15) is 0 Å². The van der Waals surface area contributed by atoms with Gasteiger partial charge in [0.2, 0.25) is 0 Å². The zero-order chi connectivity index (χ0) is 26.9. The average molecular weight is 535 g/mol. The molecule has 3 nitrogen and oxygen atoms in total. The van der Waals surface area contributed by atoms with Gasteiger partial charge in [-0.1, -0.05) is 117 Å². The predicted octanol–water partition coefficient (Wildman–Crippen LogP) is 10.7. The third kappa shape index (κ3) is 12.0. The maximum Gasteiger partial charge on any atom is 0.391 e. The molecule has 0 spiro atoms. The maximum atomic E-state index is 9.55. The Hall–Kier alpha value is -0.630. The van der Waals surface area contributed by atoms with Crippen LogP contribution in [0.2, 0.25) is 0 Å². The zero-order valence-corrected chi connectivity index (χ0v) is 25.7. The summed E-state index contributed by atoms with van der Waals surface area (Å²) in [5.41, 5.74) is 2.93. The van der Waals surface area contributed by atoms with Crippen LogP contribution in [0.15, 0.2) is 18.2 Å². The van der Waals surface area contributed by atoms with E-state index in [1.807, 2.05) is 12.1 Å². The van der Waals surface area contributed by atoms with Gasteiger partial charge in [0, 0.05) is 0 Å². The van der Waals surface area contributed by atoms with Crippen molar-refractivity contribution >= 4 is 8.60 Å². The van der Waals surface area contributed by atoms with Gasteiger partial charge in [-0.15, -0.1) is 0 Å². The van der Waals surface area contributed by atoms with Crippen molar-refractivity contribution in [2.45, 2.75) is 156 Å². The van der Waals surface area contributed by atoms with E-state index in [0.29, 0.717) is 11.2 Å². The van der Waals surface area contributed by atoms with Crippen molar-refractivity contribution in [1.29, 1.82) is 0 Å². The summed E-state index contributed by atoms with van der Waals surface area (Å²) in [6, 6.07) is 6.17. The lowest BCUT2D eigenvalue weighted by Gasteiger charge is -2.42. The van der Waals surface area contributed by atoms with E-state index in [2.05, 4.69) is 33.8 Å². The fourth-order valence-corrected chi connectivity index (χ4v) is 7.17. The number of rotatable bonds is 16. The van der Waals surface area contributed by atoms with Gasteiger partial charge in [0.25, 0.3) is 0 Å². The van der Waals surface area contributed by atoms with Crippen LogP contribution in [0, 0.1) is 17.3 Å². The first-order chi connectivity index (χ1) is 17.9. The van der Waals surface area contributed by atoms with Gasteiger partial charge >= 0.3 is 8.60 Å². The quantitative estimate of drug-likeness (QED) is 0.164. The van der Waals surface area contributed by atoms with Crippen molar-refractivity contribution in [2.75, 3.05) is 0 Å². The van der Waals surface area contributed by atoms with E-state index in [1.165, 1.54) is 120 Å². The molecule has 0 radical (unpaired) electrons. The molecular formula is C33H59O3P.